The smallest absolute Gasteiger partial charge is 0.305 e. The van der Waals surface area contributed by atoms with Gasteiger partial charge in [0.25, 0.3) is 0 Å². The summed E-state index contributed by atoms with van der Waals surface area (Å²) >= 11 is 0. The number of hydrogen-bond acceptors (Lipinski definition) is 2. The van der Waals surface area contributed by atoms with Crippen molar-refractivity contribution in [2.45, 2.75) is 88.8 Å². The molecule has 0 aromatic heterocycles. The molecule has 2 aliphatic rings. The second-order valence-corrected chi connectivity index (χ2v) is 13.8. The van der Waals surface area contributed by atoms with Crippen LogP contribution < -0.4 is 4.74 Å². The summed E-state index contributed by atoms with van der Waals surface area (Å²) in [6, 6.07) is 6.97. The van der Waals surface area contributed by atoms with Gasteiger partial charge in [-0.1, -0.05) is 56.7 Å². The van der Waals surface area contributed by atoms with Gasteiger partial charge in [-0.05, 0) is 67.6 Å². The zero-order valence-electron chi connectivity index (χ0n) is 20.5. The molecule has 192 valence electrons. The molecule has 34 heavy (non-hydrogen) atoms. The Morgan fingerprint density at radius 1 is 0.941 bits per heavy atom. The van der Waals surface area contributed by atoms with E-state index in [-0.39, 0.29) is 6.26 Å². The highest BCUT2D eigenvalue weighted by Gasteiger charge is 2.31. The van der Waals surface area contributed by atoms with Crippen LogP contribution in [0, 0.1) is 29.4 Å². The Bertz CT molecular complexity index is 745. The molecule has 0 N–H and O–H groups in total. The second kappa shape index (κ2) is 14.3. The Morgan fingerprint density at radius 3 is 2.21 bits per heavy atom. The molecule has 0 spiro atoms. The van der Waals surface area contributed by atoms with Gasteiger partial charge in [-0.2, -0.15) is 8.78 Å². The fourth-order valence-electron chi connectivity index (χ4n) is 6.10. The third-order valence-electron chi connectivity index (χ3n) is 8.08. The van der Waals surface area contributed by atoms with Crippen molar-refractivity contribution in [3.8, 4) is 5.75 Å². The predicted molar refractivity (Wildman–Crippen MR) is 131 cm³/mol. The molecule has 0 atom stereocenters. The fourth-order valence-corrected chi connectivity index (χ4v) is 9.63. The van der Waals surface area contributed by atoms with Gasteiger partial charge < -0.3 is 9.47 Å². The number of methoxy groups -OCH3 is 1. The standard InChI is InChI=1S/C27H40F4O2Si/c1-32-13-3-2-4-14-34-15-11-23(12-16-34)22-9-7-20(8-10-22)5-6-21-17-24(28)27(25(29)18-21)33-19-26(30)31/h17-20,22-23,34H,2-16H2,1H3/t20-,22-,23-,34-. The molecule has 1 saturated heterocycles. The van der Waals surface area contributed by atoms with Gasteiger partial charge in [0.2, 0.25) is 0 Å². The monoisotopic (exact) mass is 500 g/mol. The van der Waals surface area contributed by atoms with E-state index in [1.54, 1.807) is 7.11 Å². The van der Waals surface area contributed by atoms with Crippen LogP contribution in [-0.4, -0.2) is 22.5 Å². The van der Waals surface area contributed by atoms with Gasteiger partial charge in [0.1, 0.15) is 0 Å². The normalized spacial score (nSPS) is 25.2. The first-order valence-corrected chi connectivity index (χ1v) is 15.6. The number of ether oxygens (including phenoxy) is 2. The van der Waals surface area contributed by atoms with Crippen LogP contribution in [-0.2, 0) is 11.2 Å². The molecule has 1 aliphatic heterocycles. The van der Waals surface area contributed by atoms with Gasteiger partial charge in [0.15, 0.2) is 23.6 Å². The highest BCUT2D eigenvalue weighted by Crippen LogP contribution is 2.42. The molecule has 2 fully saturated rings. The quantitative estimate of drug-likeness (QED) is 0.124. The number of halogens is 4. The minimum atomic E-state index is -2.14. The maximum atomic E-state index is 14.1. The van der Waals surface area contributed by atoms with Gasteiger partial charge in [0.05, 0.1) is 0 Å². The Labute approximate surface area is 203 Å². The van der Waals surface area contributed by atoms with Crippen molar-refractivity contribution in [3.63, 3.8) is 0 Å². The SMILES string of the molecule is COCCCCC[Si@H]1CC[C@H]([C@H]2CC[C@H](CCc3cc(F)c(OC=C(F)F)c(F)c3)CC2)CC1. The second-order valence-electron chi connectivity index (χ2n) is 10.4. The van der Waals surface area contributed by atoms with Crippen LogP contribution in [0.3, 0.4) is 0 Å². The van der Waals surface area contributed by atoms with Crippen LogP contribution >= 0.6 is 0 Å². The lowest BCUT2D eigenvalue weighted by Gasteiger charge is -2.37. The third-order valence-corrected chi connectivity index (χ3v) is 11.6. The van der Waals surface area contributed by atoms with Crippen molar-refractivity contribution in [2.75, 3.05) is 13.7 Å². The van der Waals surface area contributed by atoms with E-state index in [9.17, 15) is 17.6 Å². The predicted octanol–water partition coefficient (Wildman–Crippen LogP) is 8.27. The lowest BCUT2D eigenvalue weighted by molar-refractivity contribution is 0.186. The van der Waals surface area contributed by atoms with Gasteiger partial charge in [0, 0.05) is 22.5 Å². The zero-order valence-corrected chi connectivity index (χ0v) is 21.6. The Kier molecular flexibility index (Phi) is 11.4. The molecule has 0 radical (unpaired) electrons. The van der Waals surface area contributed by atoms with Crippen LogP contribution in [0.25, 0.3) is 0 Å². The van der Waals surface area contributed by atoms with Crippen LogP contribution in [0.4, 0.5) is 17.6 Å². The highest BCUT2D eigenvalue weighted by molar-refractivity contribution is 6.58. The molecule has 1 aliphatic carbocycles. The topological polar surface area (TPSA) is 18.5 Å². The number of aryl methyl sites for hydroxylation is 1. The summed E-state index contributed by atoms with van der Waals surface area (Å²) in [7, 11) is 1.28. The van der Waals surface area contributed by atoms with Crippen molar-refractivity contribution in [3.05, 3.63) is 41.7 Å². The van der Waals surface area contributed by atoms with Crippen LogP contribution in [0.5, 0.6) is 5.75 Å². The van der Waals surface area contributed by atoms with E-state index < -0.39 is 32.3 Å². The summed E-state index contributed by atoms with van der Waals surface area (Å²) in [5.74, 6) is -0.281. The summed E-state index contributed by atoms with van der Waals surface area (Å²) in [5.41, 5.74) is 0.555. The summed E-state index contributed by atoms with van der Waals surface area (Å²) < 4.78 is 62.0. The van der Waals surface area contributed by atoms with Gasteiger partial charge in [-0.15, -0.1) is 0 Å². The van der Waals surface area contributed by atoms with Crippen molar-refractivity contribution >= 4 is 8.80 Å². The van der Waals surface area contributed by atoms with Gasteiger partial charge in [-0.25, -0.2) is 8.78 Å². The molecule has 3 rings (SSSR count). The van der Waals surface area contributed by atoms with Gasteiger partial charge in [-0.3, -0.25) is 0 Å². The minimum Gasteiger partial charge on any atom is -0.453 e. The van der Waals surface area contributed by atoms with E-state index in [4.69, 9.17) is 4.74 Å². The van der Waals surface area contributed by atoms with Crippen molar-refractivity contribution in [1.29, 1.82) is 0 Å². The van der Waals surface area contributed by atoms with Crippen LogP contribution in [0.2, 0.25) is 18.1 Å². The average molecular weight is 501 g/mol. The summed E-state index contributed by atoms with van der Waals surface area (Å²) in [4.78, 5) is 0. The fraction of sp³-hybridized carbons (Fsp3) is 0.704. The number of hydrogen-bond donors (Lipinski definition) is 0. The molecule has 2 nitrogen and oxygen atoms in total. The summed E-state index contributed by atoms with van der Waals surface area (Å²) in [6.45, 7) is 0.897. The molecular weight excluding hydrogens is 460 g/mol. The summed E-state index contributed by atoms with van der Waals surface area (Å²) in [5, 5.41) is 0. The maximum Gasteiger partial charge on any atom is 0.305 e. The van der Waals surface area contributed by atoms with Gasteiger partial charge >= 0.3 is 6.08 Å². The number of unbranched alkanes of at least 4 members (excludes halogenated alkanes) is 2. The molecule has 0 bridgehead atoms. The molecule has 0 amide bonds. The Hall–Kier alpha value is -1.34. The van der Waals surface area contributed by atoms with E-state index in [0.29, 0.717) is 17.9 Å². The lowest BCUT2D eigenvalue weighted by atomic mass is 9.73. The van der Waals surface area contributed by atoms with E-state index in [1.807, 2.05) is 0 Å². The maximum absolute atomic E-state index is 14.1. The average Bonchev–Trinajstić information content (AvgIpc) is 2.83. The first-order chi connectivity index (χ1) is 16.5. The van der Waals surface area contributed by atoms with E-state index in [1.165, 1.54) is 88.1 Å². The summed E-state index contributed by atoms with van der Waals surface area (Å²) in [6.07, 6.45) is 11.2. The van der Waals surface area contributed by atoms with Crippen LogP contribution in [0.1, 0.15) is 69.8 Å². The Morgan fingerprint density at radius 2 is 1.59 bits per heavy atom. The largest absolute Gasteiger partial charge is 0.453 e. The molecule has 0 unspecified atom stereocenters. The number of rotatable bonds is 12. The first kappa shape index (κ1) is 27.2. The minimum absolute atomic E-state index is 0.0543. The molecule has 1 aromatic rings. The van der Waals surface area contributed by atoms with Crippen molar-refractivity contribution < 1.29 is 27.0 Å². The highest BCUT2D eigenvalue weighted by atomic mass is 28.3. The molecule has 1 aromatic carbocycles. The van der Waals surface area contributed by atoms with E-state index in [2.05, 4.69) is 4.74 Å². The molecule has 7 heteroatoms. The Balaban J connectivity index is 1.35. The zero-order chi connectivity index (χ0) is 24.3. The molecular formula is C27H40F4O2Si. The van der Waals surface area contributed by atoms with E-state index in [0.717, 1.165) is 24.9 Å². The molecule has 1 heterocycles. The van der Waals surface area contributed by atoms with Crippen molar-refractivity contribution in [2.24, 2.45) is 17.8 Å². The molecule has 1 saturated carbocycles. The number of benzene rings is 1. The lowest BCUT2D eigenvalue weighted by Crippen LogP contribution is -2.28. The third kappa shape index (κ3) is 8.70. The first-order valence-electron chi connectivity index (χ1n) is 13.1. The van der Waals surface area contributed by atoms with Crippen molar-refractivity contribution in [1.82, 2.24) is 0 Å². The van der Waals surface area contributed by atoms with Crippen LogP contribution in [0.15, 0.2) is 24.5 Å². The van der Waals surface area contributed by atoms with E-state index >= 15 is 0 Å².